The molecule has 0 amide bonds. The topological polar surface area (TPSA) is 48.0 Å². The maximum absolute atomic E-state index is 13.0. The van der Waals surface area contributed by atoms with Crippen LogP contribution in [0.4, 0.5) is 0 Å². The molecule has 3 heterocycles. The predicted molar refractivity (Wildman–Crippen MR) is 90.1 cm³/mol. The van der Waals surface area contributed by atoms with Gasteiger partial charge < -0.3 is 4.42 Å². The summed E-state index contributed by atoms with van der Waals surface area (Å²) in [6.45, 7) is 0.440. The van der Waals surface area contributed by atoms with Crippen LogP contribution in [-0.2, 0) is 19.4 Å². The maximum atomic E-state index is 13.0. The SMILES string of the molecule is CSc1nc2sc3c(c2c(=O)n1Cc1ccco1)CCCC3. The Morgan fingerprint density at radius 1 is 1.41 bits per heavy atom. The van der Waals surface area contributed by atoms with Crippen molar-refractivity contribution in [2.75, 3.05) is 6.26 Å². The van der Waals surface area contributed by atoms with Gasteiger partial charge in [-0.1, -0.05) is 11.8 Å². The van der Waals surface area contributed by atoms with E-state index in [-0.39, 0.29) is 5.56 Å². The van der Waals surface area contributed by atoms with Gasteiger partial charge in [0.15, 0.2) is 5.16 Å². The van der Waals surface area contributed by atoms with Crippen LogP contribution in [0.15, 0.2) is 32.8 Å². The lowest BCUT2D eigenvalue weighted by Gasteiger charge is -2.11. The summed E-state index contributed by atoms with van der Waals surface area (Å²) < 4.78 is 7.15. The van der Waals surface area contributed by atoms with Crippen LogP contribution in [0.5, 0.6) is 0 Å². The molecular weight excluding hydrogens is 316 g/mol. The maximum Gasteiger partial charge on any atom is 0.263 e. The minimum absolute atomic E-state index is 0.0742. The molecule has 4 rings (SSSR count). The number of aryl methyl sites for hydroxylation is 2. The van der Waals surface area contributed by atoms with Crippen molar-refractivity contribution in [3.8, 4) is 0 Å². The van der Waals surface area contributed by atoms with Crippen LogP contribution in [0, 0.1) is 0 Å². The first-order chi connectivity index (χ1) is 10.8. The molecular formula is C16H16N2O2S2. The molecule has 0 aliphatic heterocycles. The second-order valence-electron chi connectivity index (χ2n) is 5.46. The Hall–Kier alpha value is -1.53. The summed E-state index contributed by atoms with van der Waals surface area (Å²) in [5, 5.41) is 1.59. The number of nitrogens with zero attached hydrogens (tertiary/aromatic N) is 2. The average molecular weight is 332 g/mol. The third kappa shape index (κ3) is 2.21. The van der Waals surface area contributed by atoms with Crippen LogP contribution < -0.4 is 5.56 Å². The van der Waals surface area contributed by atoms with Gasteiger partial charge in [0.05, 0.1) is 18.2 Å². The molecule has 22 heavy (non-hydrogen) atoms. The zero-order chi connectivity index (χ0) is 15.1. The van der Waals surface area contributed by atoms with Crippen molar-refractivity contribution in [2.45, 2.75) is 37.4 Å². The summed E-state index contributed by atoms with van der Waals surface area (Å²) in [6.07, 6.45) is 8.07. The fourth-order valence-electron chi connectivity index (χ4n) is 3.07. The first kappa shape index (κ1) is 14.1. The van der Waals surface area contributed by atoms with E-state index in [1.807, 2.05) is 18.4 Å². The molecule has 0 bridgehead atoms. The standard InChI is InChI=1S/C16H16N2O2S2/c1-21-16-17-14-13(11-6-2-3-7-12(11)22-14)15(19)18(16)9-10-5-4-8-20-10/h4-5,8H,2-3,6-7,9H2,1H3. The highest BCUT2D eigenvalue weighted by Crippen LogP contribution is 2.34. The van der Waals surface area contributed by atoms with Crippen molar-refractivity contribution in [3.63, 3.8) is 0 Å². The predicted octanol–water partition coefficient (Wildman–Crippen LogP) is 3.70. The normalized spacial score (nSPS) is 14.4. The molecule has 4 nitrogen and oxygen atoms in total. The number of furan rings is 1. The second-order valence-corrected chi connectivity index (χ2v) is 7.32. The fraction of sp³-hybridized carbons (Fsp3) is 0.375. The van der Waals surface area contributed by atoms with Gasteiger partial charge in [0.1, 0.15) is 10.6 Å². The zero-order valence-corrected chi connectivity index (χ0v) is 13.9. The molecule has 1 aliphatic carbocycles. The van der Waals surface area contributed by atoms with E-state index in [4.69, 9.17) is 9.40 Å². The molecule has 3 aromatic heterocycles. The highest BCUT2D eigenvalue weighted by Gasteiger charge is 2.22. The first-order valence-corrected chi connectivity index (χ1v) is 9.43. The van der Waals surface area contributed by atoms with Gasteiger partial charge in [-0.3, -0.25) is 9.36 Å². The summed E-state index contributed by atoms with van der Waals surface area (Å²) in [4.78, 5) is 20.0. The smallest absolute Gasteiger partial charge is 0.263 e. The zero-order valence-electron chi connectivity index (χ0n) is 12.3. The molecule has 0 saturated heterocycles. The molecule has 0 aromatic carbocycles. The van der Waals surface area contributed by atoms with E-state index in [0.29, 0.717) is 6.54 Å². The van der Waals surface area contributed by atoms with E-state index in [1.54, 1.807) is 22.2 Å². The Balaban J connectivity index is 1.94. The van der Waals surface area contributed by atoms with Crippen molar-refractivity contribution in [3.05, 3.63) is 45.0 Å². The highest BCUT2D eigenvalue weighted by molar-refractivity contribution is 7.98. The van der Waals surface area contributed by atoms with Crippen molar-refractivity contribution in [1.82, 2.24) is 9.55 Å². The first-order valence-electron chi connectivity index (χ1n) is 7.39. The lowest BCUT2D eigenvalue weighted by Crippen LogP contribution is -2.24. The third-order valence-electron chi connectivity index (χ3n) is 4.12. The summed E-state index contributed by atoms with van der Waals surface area (Å²) in [7, 11) is 0. The van der Waals surface area contributed by atoms with E-state index in [9.17, 15) is 4.79 Å². The number of hydrogen-bond acceptors (Lipinski definition) is 5. The minimum atomic E-state index is 0.0742. The number of hydrogen-bond donors (Lipinski definition) is 0. The van der Waals surface area contributed by atoms with Gasteiger partial charge >= 0.3 is 0 Å². The van der Waals surface area contributed by atoms with Crippen molar-refractivity contribution < 1.29 is 4.42 Å². The summed E-state index contributed by atoms with van der Waals surface area (Å²) >= 11 is 3.21. The molecule has 0 atom stereocenters. The average Bonchev–Trinajstić information content (AvgIpc) is 3.16. The number of thioether (sulfide) groups is 1. The number of aromatic nitrogens is 2. The van der Waals surface area contributed by atoms with Gasteiger partial charge in [-0.05, 0) is 49.6 Å². The van der Waals surface area contributed by atoms with Crippen LogP contribution in [-0.4, -0.2) is 15.8 Å². The lowest BCUT2D eigenvalue weighted by molar-refractivity contribution is 0.477. The van der Waals surface area contributed by atoms with Crippen LogP contribution in [0.2, 0.25) is 0 Å². The summed E-state index contributed by atoms with van der Waals surface area (Å²) in [5.74, 6) is 0.780. The molecule has 114 valence electrons. The van der Waals surface area contributed by atoms with Gasteiger partial charge in [0, 0.05) is 4.88 Å². The Bertz CT molecular complexity index is 878. The van der Waals surface area contributed by atoms with Gasteiger partial charge in [-0.2, -0.15) is 0 Å². The van der Waals surface area contributed by atoms with Gasteiger partial charge in [-0.25, -0.2) is 4.98 Å². The molecule has 0 unspecified atom stereocenters. The van der Waals surface area contributed by atoms with E-state index < -0.39 is 0 Å². The molecule has 0 radical (unpaired) electrons. The number of thiophene rings is 1. The van der Waals surface area contributed by atoms with Crippen LogP contribution in [0.1, 0.15) is 29.0 Å². The van der Waals surface area contributed by atoms with E-state index >= 15 is 0 Å². The largest absolute Gasteiger partial charge is 0.467 e. The monoisotopic (exact) mass is 332 g/mol. The van der Waals surface area contributed by atoms with Crippen molar-refractivity contribution >= 4 is 33.3 Å². The van der Waals surface area contributed by atoms with Crippen LogP contribution >= 0.6 is 23.1 Å². The van der Waals surface area contributed by atoms with Crippen molar-refractivity contribution in [2.24, 2.45) is 0 Å². The highest BCUT2D eigenvalue weighted by atomic mass is 32.2. The summed E-state index contributed by atoms with van der Waals surface area (Å²) in [6, 6.07) is 3.74. The minimum Gasteiger partial charge on any atom is -0.467 e. The van der Waals surface area contributed by atoms with E-state index in [0.717, 1.165) is 34.0 Å². The van der Waals surface area contributed by atoms with Crippen LogP contribution in [0.3, 0.4) is 0 Å². The number of fused-ring (bicyclic) bond motifs is 3. The number of rotatable bonds is 3. The van der Waals surface area contributed by atoms with Gasteiger partial charge in [-0.15, -0.1) is 11.3 Å². The summed E-state index contributed by atoms with van der Waals surface area (Å²) in [5.41, 5.74) is 1.31. The molecule has 0 fully saturated rings. The lowest BCUT2D eigenvalue weighted by atomic mass is 9.97. The molecule has 0 saturated carbocycles. The van der Waals surface area contributed by atoms with Gasteiger partial charge in [0.25, 0.3) is 5.56 Å². The Kier molecular flexibility index (Phi) is 3.58. The molecule has 3 aromatic rings. The molecule has 1 aliphatic rings. The Labute approximate surface area is 136 Å². The van der Waals surface area contributed by atoms with Gasteiger partial charge in [0.2, 0.25) is 0 Å². The van der Waals surface area contributed by atoms with Crippen LogP contribution in [0.25, 0.3) is 10.2 Å². The molecule has 6 heteroatoms. The second kappa shape index (κ2) is 5.59. The van der Waals surface area contributed by atoms with Crippen molar-refractivity contribution in [1.29, 1.82) is 0 Å². The molecule has 0 spiro atoms. The fourth-order valence-corrected chi connectivity index (χ4v) is 4.93. The van der Waals surface area contributed by atoms with E-state index in [1.165, 1.54) is 35.0 Å². The quantitative estimate of drug-likeness (QED) is 0.542. The Morgan fingerprint density at radius 3 is 3.05 bits per heavy atom. The van der Waals surface area contributed by atoms with E-state index in [2.05, 4.69) is 0 Å². The Morgan fingerprint density at radius 2 is 2.27 bits per heavy atom. The third-order valence-corrected chi connectivity index (χ3v) is 5.98. The molecule has 0 N–H and O–H groups in total.